The average Bonchev–Trinajstić information content (AvgIpc) is 2.48. The molecule has 5 nitrogen and oxygen atoms in total. The first-order valence-electron chi connectivity index (χ1n) is 6.69. The zero-order valence-electron chi connectivity index (χ0n) is 11.4. The second kappa shape index (κ2) is 6.44. The Bertz CT molecular complexity index is 520. The minimum absolute atomic E-state index is 0.0944. The lowest BCUT2D eigenvalue weighted by molar-refractivity contribution is 0.0603. The molecule has 1 aromatic rings. The van der Waals surface area contributed by atoms with Crippen LogP contribution in [0.2, 0.25) is 0 Å². The highest BCUT2D eigenvalue weighted by Crippen LogP contribution is 2.12. The summed E-state index contributed by atoms with van der Waals surface area (Å²) in [6, 6.07) is 3.37. The number of halogens is 1. The van der Waals surface area contributed by atoms with Crippen molar-refractivity contribution >= 4 is 5.91 Å². The van der Waals surface area contributed by atoms with Crippen molar-refractivity contribution in [3.63, 3.8) is 0 Å². The first-order chi connectivity index (χ1) is 9.65. The predicted octanol–water partition coefficient (Wildman–Crippen LogP) is 1.28. The third kappa shape index (κ3) is 3.11. The lowest BCUT2D eigenvalue weighted by Gasteiger charge is -2.36. The number of amides is 1. The second-order valence-corrected chi connectivity index (χ2v) is 4.77. The van der Waals surface area contributed by atoms with Gasteiger partial charge in [-0.2, -0.15) is 5.26 Å². The van der Waals surface area contributed by atoms with Crippen LogP contribution in [0.5, 0.6) is 0 Å². The van der Waals surface area contributed by atoms with Crippen molar-refractivity contribution in [2.75, 3.05) is 26.2 Å². The monoisotopic (exact) mass is 276 g/mol. The number of rotatable bonds is 3. The zero-order chi connectivity index (χ0) is 14.5. The van der Waals surface area contributed by atoms with Crippen LogP contribution >= 0.6 is 0 Å². The number of carbonyl (C=O) groups is 1. The van der Waals surface area contributed by atoms with Gasteiger partial charge in [-0.15, -0.1) is 0 Å². The lowest BCUT2D eigenvalue weighted by atomic mass is 10.1. The molecular formula is C14H17FN4O. The van der Waals surface area contributed by atoms with E-state index in [0.29, 0.717) is 26.2 Å². The Morgan fingerprint density at radius 2 is 2.15 bits per heavy atom. The van der Waals surface area contributed by atoms with Crippen LogP contribution in [0, 0.1) is 17.1 Å². The van der Waals surface area contributed by atoms with Crippen molar-refractivity contribution in [3.8, 4) is 6.07 Å². The molecule has 0 N–H and O–H groups in total. The maximum Gasteiger partial charge on any atom is 0.255 e. The Morgan fingerprint density at radius 1 is 1.45 bits per heavy atom. The SMILES string of the molecule is CCC(C#N)N1CCN(C(=O)c2cncc(F)c2)CC1. The van der Waals surface area contributed by atoms with Gasteiger partial charge >= 0.3 is 0 Å². The summed E-state index contributed by atoms with van der Waals surface area (Å²) in [4.78, 5) is 19.7. The molecule has 1 aromatic heterocycles. The fourth-order valence-electron chi connectivity index (χ4n) is 2.38. The maximum atomic E-state index is 13.1. The largest absolute Gasteiger partial charge is 0.336 e. The van der Waals surface area contributed by atoms with E-state index in [0.717, 1.165) is 12.6 Å². The van der Waals surface area contributed by atoms with E-state index in [1.165, 1.54) is 12.3 Å². The molecule has 1 aliphatic rings. The van der Waals surface area contributed by atoms with Gasteiger partial charge in [0, 0.05) is 32.4 Å². The van der Waals surface area contributed by atoms with Crippen molar-refractivity contribution in [3.05, 3.63) is 29.8 Å². The van der Waals surface area contributed by atoms with Crippen LogP contribution in [-0.2, 0) is 0 Å². The molecule has 1 fully saturated rings. The number of pyridine rings is 1. The Morgan fingerprint density at radius 3 is 2.70 bits per heavy atom. The van der Waals surface area contributed by atoms with E-state index in [-0.39, 0.29) is 17.5 Å². The number of carbonyl (C=O) groups excluding carboxylic acids is 1. The molecule has 1 atom stereocenters. The summed E-state index contributed by atoms with van der Waals surface area (Å²) in [7, 11) is 0. The molecule has 106 valence electrons. The Kier molecular flexibility index (Phi) is 4.64. The normalized spacial score (nSPS) is 17.6. The maximum absolute atomic E-state index is 13.1. The Balaban J connectivity index is 1.97. The van der Waals surface area contributed by atoms with Gasteiger partial charge in [0.25, 0.3) is 5.91 Å². The van der Waals surface area contributed by atoms with Crippen LogP contribution in [0.4, 0.5) is 4.39 Å². The molecular weight excluding hydrogens is 259 g/mol. The highest BCUT2D eigenvalue weighted by molar-refractivity contribution is 5.94. The van der Waals surface area contributed by atoms with E-state index in [2.05, 4.69) is 16.0 Å². The molecule has 20 heavy (non-hydrogen) atoms. The molecule has 1 unspecified atom stereocenters. The van der Waals surface area contributed by atoms with Gasteiger partial charge in [-0.3, -0.25) is 14.7 Å². The summed E-state index contributed by atoms with van der Waals surface area (Å²) in [6.45, 7) is 4.41. The van der Waals surface area contributed by atoms with Crippen molar-refractivity contribution in [2.45, 2.75) is 19.4 Å². The summed E-state index contributed by atoms with van der Waals surface area (Å²) in [5.41, 5.74) is 0.269. The van der Waals surface area contributed by atoms with Crippen LogP contribution in [0.3, 0.4) is 0 Å². The second-order valence-electron chi connectivity index (χ2n) is 4.77. The van der Waals surface area contributed by atoms with E-state index in [9.17, 15) is 9.18 Å². The number of nitrogens with zero attached hydrogens (tertiary/aromatic N) is 4. The molecule has 1 aliphatic heterocycles. The van der Waals surface area contributed by atoms with Crippen LogP contribution < -0.4 is 0 Å². The summed E-state index contributed by atoms with van der Waals surface area (Å²) in [6.07, 6.45) is 3.23. The molecule has 6 heteroatoms. The van der Waals surface area contributed by atoms with Gasteiger partial charge in [0.2, 0.25) is 0 Å². The summed E-state index contributed by atoms with van der Waals surface area (Å²) in [5, 5.41) is 9.04. The summed E-state index contributed by atoms with van der Waals surface area (Å²) in [5.74, 6) is -0.716. The highest BCUT2D eigenvalue weighted by atomic mass is 19.1. The molecule has 2 rings (SSSR count). The van der Waals surface area contributed by atoms with E-state index >= 15 is 0 Å². The highest BCUT2D eigenvalue weighted by Gasteiger charge is 2.25. The number of hydrogen-bond donors (Lipinski definition) is 0. The first-order valence-corrected chi connectivity index (χ1v) is 6.69. The zero-order valence-corrected chi connectivity index (χ0v) is 11.4. The standard InChI is InChI=1S/C14H17FN4O/c1-2-13(8-16)18-3-5-19(6-4-18)14(20)11-7-12(15)10-17-9-11/h7,9-10,13H,2-6H2,1H3. The Labute approximate surface area is 117 Å². The van der Waals surface area contributed by atoms with Gasteiger partial charge in [-0.1, -0.05) is 6.92 Å². The molecule has 1 saturated heterocycles. The van der Waals surface area contributed by atoms with Gasteiger partial charge in [0.15, 0.2) is 0 Å². The molecule has 0 spiro atoms. The molecule has 0 radical (unpaired) electrons. The minimum Gasteiger partial charge on any atom is -0.336 e. The molecule has 0 aromatic carbocycles. The van der Waals surface area contributed by atoms with Crippen molar-refractivity contribution in [2.24, 2.45) is 0 Å². The van der Waals surface area contributed by atoms with E-state index in [4.69, 9.17) is 5.26 Å². The van der Waals surface area contributed by atoms with Crippen LogP contribution in [-0.4, -0.2) is 52.9 Å². The van der Waals surface area contributed by atoms with Gasteiger partial charge in [-0.25, -0.2) is 4.39 Å². The molecule has 0 aliphatic carbocycles. The van der Waals surface area contributed by atoms with Gasteiger partial charge < -0.3 is 4.90 Å². The smallest absolute Gasteiger partial charge is 0.255 e. The molecule has 0 saturated carbocycles. The molecule has 0 bridgehead atoms. The first kappa shape index (κ1) is 14.4. The van der Waals surface area contributed by atoms with Crippen molar-refractivity contribution in [1.29, 1.82) is 5.26 Å². The van der Waals surface area contributed by atoms with E-state index < -0.39 is 5.82 Å². The lowest BCUT2D eigenvalue weighted by Crippen LogP contribution is -2.51. The minimum atomic E-state index is -0.509. The van der Waals surface area contributed by atoms with Gasteiger partial charge in [0.05, 0.1) is 23.9 Å². The van der Waals surface area contributed by atoms with Gasteiger partial charge in [0.1, 0.15) is 5.82 Å². The topological polar surface area (TPSA) is 60.2 Å². The number of aromatic nitrogens is 1. The van der Waals surface area contributed by atoms with E-state index in [1.54, 1.807) is 4.90 Å². The predicted molar refractivity (Wildman–Crippen MR) is 71.4 cm³/mol. The number of hydrogen-bond acceptors (Lipinski definition) is 4. The van der Waals surface area contributed by atoms with Crippen LogP contribution in [0.15, 0.2) is 18.5 Å². The van der Waals surface area contributed by atoms with E-state index in [1.807, 2.05) is 6.92 Å². The van der Waals surface area contributed by atoms with Crippen molar-refractivity contribution in [1.82, 2.24) is 14.8 Å². The third-order valence-electron chi connectivity index (χ3n) is 3.53. The third-order valence-corrected chi connectivity index (χ3v) is 3.53. The average molecular weight is 276 g/mol. The fourth-order valence-corrected chi connectivity index (χ4v) is 2.38. The summed E-state index contributed by atoms with van der Waals surface area (Å²) >= 11 is 0. The number of nitriles is 1. The Hall–Kier alpha value is -2.00. The molecule has 1 amide bonds. The molecule has 2 heterocycles. The van der Waals surface area contributed by atoms with Crippen LogP contribution in [0.1, 0.15) is 23.7 Å². The number of piperazine rings is 1. The quantitative estimate of drug-likeness (QED) is 0.834. The fraction of sp³-hybridized carbons (Fsp3) is 0.500. The van der Waals surface area contributed by atoms with Crippen LogP contribution in [0.25, 0.3) is 0 Å². The summed E-state index contributed by atoms with van der Waals surface area (Å²) < 4.78 is 13.1. The van der Waals surface area contributed by atoms with Gasteiger partial charge in [-0.05, 0) is 12.5 Å². The van der Waals surface area contributed by atoms with Crippen molar-refractivity contribution < 1.29 is 9.18 Å².